The Labute approximate surface area is 159 Å². The largest absolute Gasteiger partial charge is 0.497 e. The molecule has 27 heavy (non-hydrogen) atoms. The van der Waals surface area contributed by atoms with Crippen LogP contribution in [0.15, 0.2) is 46.2 Å². The van der Waals surface area contributed by atoms with Crippen LogP contribution in [0.5, 0.6) is 5.75 Å². The molecule has 0 N–H and O–H groups in total. The van der Waals surface area contributed by atoms with Crippen molar-refractivity contribution in [3.8, 4) is 17.2 Å². The highest BCUT2D eigenvalue weighted by atomic mass is 32.1. The Morgan fingerprint density at radius 1 is 1.15 bits per heavy atom. The highest BCUT2D eigenvalue weighted by Gasteiger charge is 2.20. The van der Waals surface area contributed by atoms with Gasteiger partial charge in [0.15, 0.2) is 11.9 Å². The molecule has 0 unspecified atom stereocenters. The van der Waals surface area contributed by atoms with Crippen molar-refractivity contribution in [3.63, 3.8) is 0 Å². The first-order valence-electron chi connectivity index (χ1n) is 8.31. The number of rotatable bonds is 8. The first-order chi connectivity index (χ1) is 13.1. The Kier molecular flexibility index (Phi) is 5.97. The fraction of sp³-hybridized carbons (Fsp3) is 0.263. The van der Waals surface area contributed by atoms with Crippen LogP contribution in [0, 0.1) is 0 Å². The molecule has 0 saturated heterocycles. The third kappa shape index (κ3) is 4.79. The van der Waals surface area contributed by atoms with Gasteiger partial charge in [-0.2, -0.15) is 0 Å². The van der Waals surface area contributed by atoms with E-state index in [-0.39, 0.29) is 24.5 Å². The van der Waals surface area contributed by atoms with Crippen molar-refractivity contribution < 1.29 is 23.5 Å². The zero-order valence-electron chi connectivity index (χ0n) is 14.9. The summed E-state index contributed by atoms with van der Waals surface area (Å²) >= 11 is 1.35. The number of benzene rings is 1. The van der Waals surface area contributed by atoms with Crippen LogP contribution in [-0.4, -0.2) is 29.1 Å². The zero-order valence-corrected chi connectivity index (χ0v) is 15.7. The van der Waals surface area contributed by atoms with Crippen LogP contribution in [-0.2, 0) is 9.53 Å². The molecule has 0 aliphatic carbocycles. The van der Waals surface area contributed by atoms with E-state index in [1.165, 1.54) is 11.3 Å². The second kappa shape index (κ2) is 8.59. The molecule has 8 heteroatoms. The summed E-state index contributed by atoms with van der Waals surface area (Å²) in [5, 5.41) is 9.73. The number of hydrogen-bond acceptors (Lipinski definition) is 8. The summed E-state index contributed by atoms with van der Waals surface area (Å²) in [5.74, 6) is 0.672. The van der Waals surface area contributed by atoms with Crippen LogP contribution < -0.4 is 4.74 Å². The van der Waals surface area contributed by atoms with Gasteiger partial charge in [0.05, 0.1) is 18.4 Å². The van der Waals surface area contributed by atoms with Gasteiger partial charge in [-0.1, -0.05) is 6.07 Å². The summed E-state index contributed by atoms with van der Waals surface area (Å²) in [6.07, 6.45) is -0.595. The number of esters is 1. The van der Waals surface area contributed by atoms with Crippen LogP contribution in [0.3, 0.4) is 0 Å². The first-order valence-corrected chi connectivity index (χ1v) is 9.19. The summed E-state index contributed by atoms with van der Waals surface area (Å²) in [5.41, 5.74) is 0.731. The molecule has 1 atom stereocenters. The van der Waals surface area contributed by atoms with Crippen LogP contribution >= 0.6 is 11.3 Å². The molecule has 2 aromatic heterocycles. The van der Waals surface area contributed by atoms with Gasteiger partial charge in [-0.3, -0.25) is 9.59 Å². The molecule has 140 valence electrons. The zero-order chi connectivity index (χ0) is 19.2. The number of hydrogen-bond donors (Lipinski definition) is 0. The number of methoxy groups -OCH3 is 1. The van der Waals surface area contributed by atoms with E-state index in [2.05, 4.69) is 10.2 Å². The number of Topliss-reactive ketones (excluding diaryl/α,β-unsaturated/α-hetero) is 1. The van der Waals surface area contributed by atoms with E-state index in [4.69, 9.17) is 13.9 Å². The Balaban J connectivity index is 1.54. The normalized spacial score (nSPS) is 11.8. The van der Waals surface area contributed by atoms with E-state index >= 15 is 0 Å². The third-order valence-corrected chi connectivity index (χ3v) is 4.70. The molecular formula is C19H18N2O5S. The Morgan fingerprint density at radius 2 is 1.93 bits per heavy atom. The van der Waals surface area contributed by atoms with Gasteiger partial charge in [-0.15, -0.1) is 21.5 Å². The monoisotopic (exact) mass is 386 g/mol. The van der Waals surface area contributed by atoms with Crippen molar-refractivity contribution in [1.29, 1.82) is 0 Å². The summed E-state index contributed by atoms with van der Waals surface area (Å²) in [7, 11) is 1.59. The lowest BCUT2D eigenvalue weighted by Gasteiger charge is -2.08. The molecular weight excluding hydrogens is 368 g/mol. The van der Waals surface area contributed by atoms with Crippen molar-refractivity contribution >= 4 is 23.1 Å². The van der Waals surface area contributed by atoms with Gasteiger partial charge in [0.1, 0.15) is 5.75 Å². The number of nitrogens with zero attached hydrogens (tertiary/aromatic N) is 2. The van der Waals surface area contributed by atoms with Gasteiger partial charge < -0.3 is 13.9 Å². The minimum atomic E-state index is -0.700. The first kappa shape index (κ1) is 18.8. The standard InChI is InChI=1S/C19H18N2O5S/c1-12(25-17(23)10-9-15(22)16-4-3-11-27-16)18-20-21-19(26-18)13-5-7-14(24-2)8-6-13/h3-8,11-12H,9-10H2,1-2H3/t12-/m1/s1. The van der Waals surface area contributed by atoms with Crippen molar-refractivity contribution in [3.05, 3.63) is 52.5 Å². The average Bonchev–Trinajstić information content (AvgIpc) is 3.38. The van der Waals surface area contributed by atoms with E-state index in [0.717, 1.165) is 11.3 Å². The molecule has 0 aliphatic rings. The number of ketones is 1. The summed E-state index contributed by atoms with van der Waals surface area (Å²) in [6, 6.07) is 10.7. The minimum absolute atomic E-state index is 0.000543. The maximum absolute atomic E-state index is 12.0. The predicted octanol–water partition coefficient (Wildman–Crippen LogP) is 4.07. The molecule has 0 amide bonds. The van der Waals surface area contributed by atoms with Gasteiger partial charge >= 0.3 is 5.97 Å². The topological polar surface area (TPSA) is 91.5 Å². The lowest BCUT2D eigenvalue weighted by molar-refractivity contribution is -0.149. The summed E-state index contributed by atoms with van der Waals surface area (Å²) < 4.78 is 16.0. The average molecular weight is 386 g/mol. The molecule has 3 aromatic rings. The highest BCUT2D eigenvalue weighted by molar-refractivity contribution is 7.12. The lowest BCUT2D eigenvalue weighted by Crippen LogP contribution is -2.11. The number of ether oxygens (including phenoxy) is 2. The summed E-state index contributed by atoms with van der Waals surface area (Å²) in [6.45, 7) is 1.64. The van der Waals surface area contributed by atoms with Crippen LogP contribution in [0.2, 0.25) is 0 Å². The van der Waals surface area contributed by atoms with Crippen LogP contribution in [0.1, 0.15) is 41.4 Å². The van der Waals surface area contributed by atoms with Gasteiger partial charge in [0, 0.05) is 12.0 Å². The highest BCUT2D eigenvalue weighted by Crippen LogP contribution is 2.24. The Morgan fingerprint density at radius 3 is 2.59 bits per heavy atom. The van der Waals surface area contributed by atoms with Crippen LogP contribution in [0.25, 0.3) is 11.5 Å². The number of aromatic nitrogens is 2. The van der Waals surface area contributed by atoms with Crippen molar-refractivity contribution in [2.45, 2.75) is 25.9 Å². The van der Waals surface area contributed by atoms with E-state index in [1.54, 1.807) is 50.4 Å². The molecule has 0 bridgehead atoms. The second-order valence-corrected chi connectivity index (χ2v) is 6.65. The molecule has 2 heterocycles. The van der Waals surface area contributed by atoms with Gasteiger partial charge in [0.2, 0.25) is 5.89 Å². The molecule has 0 saturated carbocycles. The van der Waals surface area contributed by atoms with E-state index < -0.39 is 12.1 Å². The maximum Gasteiger partial charge on any atom is 0.307 e. The summed E-state index contributed by atoms with van der Waals surface area (Å²) in [4.78, 5) is 24.5. The smallest absolute Gasteiger partial charge is 0.307 e. The Bertz CT molecular complexity index is 903. The molecule has 1 aromatic carbocycles. The van der Waals surface area contributed by atoms with E-state index in [9.17, 15) is 9.59 Å². The van der Waals surface area contributed by atoms with Crippen molar-refractivity contribution in [2.75, 3.05) is 7.11 Å². The quantitative estimate of drug-likeness (QED) is 0.425. The Hall–Kier alpha value is -3.00. The number of thiophene rings is 1. The maximum atomic E-state index is 12.0. The fourth-order valence-corrected chi connectivity index (χ4v) is 3.03. The fourth-order valence-electron chi connectivity index (χ4n) is 2.33. The molecule has 0 aliphatic heterocycles. The molecule has 7 nitrogen and oxygen atoms in total. The van der Waals surface area contributed by atoms with E-state index in [1.807, 2.05) is 5.38 Å². The molecule has 3 rings (SSSR count). The van der Waals surface area contributed by atoms with Gasteiger partial charge in [0.25, 0.3) is 5.89 Å². The predicted molar refractivity (Wildman–Crippen MR) is 98.7 cm³/mol. The lowest BCUT2D eigenvalue weighted by atomic mass is 10.2. The molecule has 0 radical (unpaired) electrons. The number of carbonyl (C=O) groups excluding carboxylic acids is 2. The second-order valence-electron chi connectivity index (χ2n) is 5.71. The molecule has 0 fully saturated rings. The van der Waals surface area contributed by atoms with Gasteiger partial charge in [-0.05, 0) is 42.6 Å². The molecule has 0 spiro atoms. The van der Waals surface area contributed by atoms with E-state index in [0.29, 0.717) is 10.8 Å². The SMILES string of the molecule is COc1ccc(-c2nnc([C@@H](C)OC(=O)CCC(=O)c3cccs3)o2)cc1. The van der Waals surface area contributed by atoms with Gasteiger partial charge in [-0.25, -0.2) is 0 Å². The van der Waals surface area contributed by atoms with Crippen LogP contribution in [0.4, 0.5) is 0 Å². The van der Waals surface area contributed by atoms with Crippen molar-refractivity contribution in [1.82, 2.24) is 10.2 Å². The minimum Gasteiger partial charge on any atom is -0.497 e. The van der Waals surface area contributed by atoms with Crippen molar-refractivity contribution in [2.24, 2.45) is 0 Å². The number of carbonyl (C=O) groups is 2. The third-order valence-electron chi connectivity index (χ3n) is 3.79.